The first-order valence-electron chi connectivity index (χ1n) is 6.74. The van der Waals surface area contributed by atoms with Crippen LogP contribution >= 0.6 is 11.6 Å². The Morgan fingerprint density at radius 2 is 1.45 bits per heavy atom. The number of alkyl halides is 1. The standard InChI is InChI=1S/C18H12ClF2N/c19-10-14-7-15(12-3-1-5-16(20)8-12)11-22-18(14)13-4-2-6-17(21)9-13/h1-9,11H,10H2. The Balaban J connectivity index is 2.08. The summed E-state index contributed by atoms with van der Waals surface area (Å²) < 4.78 is 26.7. The van der Waals surface area contributed by atoms with Crippen molar-refractivity contribution in [2.45, 2.75) is 5.88 Å². The second kappa shape index (κ2) is 6.24. The Labute approximate surface area is 132 Å². The van der Waals surface area contributed by atoms with Crippen LogP contribution in [0.1, 0.15) is 5.56 Å². The SMILES string of the molecule is Fc1cccc(-c2cnc(-c3cccc(F)c3)c(CCl)c2)c1. The zero-order chi connectivity index (χ0) is 15.5. The molecule has 0 bridgehead atoms. The molecule has 0 spiro atoms. The molecule has 0 fully saturated rings. The van der Waals surface area contributed by atoms with Crippen LogP contribution in [0.25, 0.3) is 22.4 Å². The Bertz CT molecular complexity index is 818. The summed E-state index contributed by atoms with van der Waals surface area (Å²) in [6.45, 7) is 0. The minimum Gasteiger partial charge on any atom is -0.255 e. The number of hydrogen-bond donors (Lipinski definition) is 0. The average Bonchev–Trinajstić information content (AvgIpc) is 2.54. The fourth-order valence-electron chi connectivity index (χ4n) is 2.33. The molecule has 0 aliphatic heterocycles. The molecule has 0 atom stereocenters. The minimum absolute atomic E-state index is 0.238. The van der Waals surface area contributed by atoms with Gasteiger partial charge in [-0.05, 0) is 41.5 Å². The van der Waals surface area contributed by atoms with Crippen LogP contribution in [0.2, 0.25) is 0 Å². The van der Waals surface area contributed by atoms with E-state index in [2.05, 4.69) is 4.98 Å². The van der Waals surface area contributed by atoms with Gasteiger partial charge in [-0.25, -0.2) is 8.78 Å². The molecule has 2 aromatic carbocycles. The number of benzene rings is 2. The highest BCUT2D eigenvalue weighted by atomic mass is 35.5. The summed E-state index contributed by atoms with van der Waals surface area (Å²) in [6, 6.07) is 14.3. The molecule has 22 heavy (non-hydrogen) atoms. The van der Waals surface area contributed by atoms with Gasteiger partial charge in [0.15, 0.2) is 0 Å². The molecule has 0 aliphatic rings. The monoisotopic (exact) mass is 315 g/mol. The van der Waals surface area contributed by atoms with E-state index in [0.29, 0.717) is 11.3 Å². The van der Waals surface area contributed by atoms with Gasteiger partial charge in [-0.2, -0.15) is 0 Å². The van der Waals surface area contributed by atoms with Crippen LogP contribution in [0.5, 0.6) is 0 Å². The fourth-order valence-corrected chi connectivity index (χ4v) is 2.54. The van der Waals surface area contributed by atoms with Crippen LogP contribution in [0.3, 0.4) is 0 Å². The summed E-state index contributed by atoms with van der Waals surface area (Å²) >= 11 is 6.00. The second-order valence-electron chi connectivity index (χ2n) is 4.89. The normalized spacial score (nSPS) is 10.7. The molecule has 0 amide bonds. The van der Waals surface area contributed by atoms with Gasteiger partial charge in [0, 0.05) is 23.2 Å². The van der Waals surface area contributed by atoms with E-state index in [1.54, 1.807) is 30.5 Å². The topological polar surface area (TPSA) is 12.9 Å². The first-order valence-corrected chi connectivity index (χ1v) is 7.27. The fraction of sp³-hybridized carbons (Fsp3) is 0.0556. The molecular formula is C18H12ClF2N. The van der Waals surface area contributed by atoms with Gasteiger partial charge in [0.1, 0.15) is 11.6 Å². The Morgan fingerprint density at radius 3 is 2.09 bits per heavy atom. The number of pyridine rings is 1. The summed E-state index contributed by atoms with van der Waals surface area (Å²) in [4.78, 5) is 4.39. The number of rotatable bonds is 3. The predicted molar refractivity (Wildman–Crippen MR) is 84.6 cm³/mol. The molecule has 1 heterocycles. The molecule has 0 aliphatic carbocycles. The van der Waals surface area contributed by atoms with Crippen molar-refractivity contribution in [1.29, 1.82) is 0 Å². The molecule has 0 N–H and O–H groups in total. The third kappa shape index (κ3) is 3.00. The van der Waals surface area contributed by atoms with E-state index in [1.807, 2.05) is 6.07 Å². The molecule has 1 aromatic heterocycles. The lowest BCUT2D eigenvalue weighted by Crippen LogP contribution is -1.93. The highest BCUT2D eigenvalue weighted by Gasteiger charge is 2.10. The molecule has 3 rings (SSSR count). The van der Waals surface area contributed by atoms with Gasteiger partial charge in [-0.1, -0.05) is 24.3 Å². The van der Waals surface area contributed by atoms with E-state index in [1.165, 1.54) is 24.3 Å². The summed E-state index contributed by atoms with van der Waals surface area (Å²) in [5.41, 5.74) is 3.57. The molecule has 4 heteroatoms. The van der Waals surface area contributed by atoms with Crippen molar-refractivity contribution in [3.05, 3.63) is 78.0 Å². The Hall–Kier alpha value is -2.26. The summed E-state index contributed by atoms with van der Waals surface area (Å²) in [7, 11) is 0. The largest absolute Gasteiger partial charge is 0.255 e. The predicted octanol–water partition coefficient (Wildman–Crippen LogP) is 5.43. The van der Waals surface area contributed by atoms with Crippen molar-refractivity contribution in [3.8, 4) is 22.4 Å². The summed E-state index contributed by atoms with van der Waals surface area (Å²) in [6.07, 6.45) is 1.64. The number of halogens is 3. The Morgan fingerprint density at radius 1 is 0.818 bits per heavy atom. The molecule has 0 saturated heterocycles. The van der Waals surface area contributed by atoms with Gasteiger partial charge in [0.25, 0.3) is 0 Å². The van der Waals surface area contributed by atoms with Crippen LogP contribution in [-0.2, 0) is 5.88 Å². The summed E-state index contributed by atoms with van der Waals surface area (Å²) in [5, 5.41) is 0. The molecule has 3 aromatic rings. The lowest BCUT2D eigenvalue weighted by molar-refractivity contribution is 0.628. The van der Waals surface area contributed by atoms with Crippen molar-refractivity contribution in [2.24, 2.45) is 0 Å². The van der Waals surface area contributed by atoms with Crippen LogP contribution in [0, 0.1) is 11.6 Å². The van der Waals surface area contributed by atoms with E-state index in [-0.39, 0.29) is 17.5 Å². The first-order chi connectivity index (χ1) is 10.7. The lowest BCUT2D eigenvalue weighted by atomic mass is 10.0. The van der Waals surface area contributed by atoms with Crippen molar-refractivity contribution in [1.82, 2.24) is 4.98 Å². The average molecular weight is 316 g/mol. The van der Waals surface area contributed by atoms with E-state index >= 15 is 0 Å². The minimum atomic E-state index is -0.325. The van der Waals surface area contributed by atoms with Gasteiger partial charge in [0.05, 0.1) is 5.69 Å². The van der Waals surface area contributed by atoms with Crippen molar-refractivity contribution < 1.29 is 8.78 Å². The van der Waals surface area contributed by atoms with Gasteiger partial charge in [-0.15, -0.1) is 11.6 Å². The van der Waals surface area contributed by atoms with Gasteiger partial charge in [0.2, 0.25) is 0 Å². The molecule has 0 saturated carbocycles. The summed E-state index contributed by atoms with van der Waals surface area (Å²) in [5.74, 6) is -0.393. The number of nitrogens with zero attached hydrogens (tertiary/aromatic N) is 1. The Kier molecular flexibility index (Phi) is 4.16. The van der Waals surface area contributed by atoms with Gasteiger partial charge < -0.3 is 0 Å². The quantitative estimate of drug-likeness (QED) is 0.587. The molecule has 1 nitrogen and oxygen atoms in total. The van der Waals surface area contributed by atoms with E-state index in [0.717, 1.165) is 16.7 Å². The van der Waals surface area contributed by atoms with E-state index in [4.69, 9.17) is 11.6 Å². The maximum absolute atomic E-state index is 13.4. The van der Waals surface area contributed by atoms with Crippen LogP contribution in [0.15, 0.2) is 60.8 Å². The molecule has 110 valence electrons. The van der Waals surface area contributed by atoms with E-state index < -0.39 is 0 Å². The second-order valence-corrected chi connectivity index (χ2v) is 5.15. The van der Waals surface area contributed by atoms with Crippen molar-refractivity contribution >= 4 is 11.6 Å². The third-order valence-electron chi connectivity index (χ3n) is 3.37. The smallest absolute Gasteiger partial charge is 0.123 e. The zero-order valence-electron chi connectivity index (χ0n) is 11.6. The first kappa shape index (κ1) is 14.7. The maximum Gasteiger partial charge on any atom is 0.123 e. The van der Waals surface area contributed by atoms with E-state index in [9.17, 15) is 8.78 Å². The highest BCUT2D eigenvalue weighted by molar-refractivity contribution is 6.17. The third-order valence-corrected chi connectivity index (χ3v) is 3.65. The van der Waals surface area contributed by atoms with Crippen LogP contribution < -0.4 is 0 Å². The van der Waals surface area contributed by atoms with Crippen LogP contribution in [-0.4, -0.2) is 4.98 Å². The number of aromatic nitrogens is 1. The van der Waals surface area contributed by atoms with Crippen molar-refractivity contribution in [3.63, 3.8) is 0 Å². The zero-order valence-corrected chi connectivity index (χ0v) is 12.3. The number of hydrogen-bond acceptors (Lipinski definition) is 1. The molecular weight excluding hydrogens is 304 g/mol. The van der Waals surface area contributed by atoms with Gasteiger partial charge >= 0.3 is 0 Å². The maximum atomic E-state index is 13.4. The lowest BCUT2D eigenvalue weighted by Gasteiger charge is -2.10. The van der Waals surface area contributed by atoms with Crippen molar-refractivity contribution in [2.75, 3.05) is 0 Å². The van der Waals surface area contributed by atoms with Crippen LogP contribution in [0.4, 0.5) is 8.78 Å². The van der Waals surface area contributed by atoms with Gasteiger partial charge in [-0.3, -0.25) is 4.98 Å². The molecule has 0 radical (unpaired) electrons. The highest BCUT2D eigenvalue weighted by Crippen LogP contribution is 2.28. The molecule has 0 unspecified atom stereocenters.